The largest absolute Gasteiger partial charge is 0.496 e. The van der Waals surface area contributed by atoms with Gasteiger partial charge in [-0.3, -0.25) is 4.79 Å². The van der Waals surface area contributed by atoms with Crippen molar-refractivity contribution < 1.29 is 22.7 Å². The second-order valence-corrected chi connectivity index (χ2v) is 4.79. The van der Waals surface area contributed by atoms with Gasteiger partial charge in [0.25, 0.3) is 0 Å². The maximum atomic E-state index is 11.9. The number of para-hydroxylation sites is 1. The topological polar surface area (TPSA) is 38.3 Å². The van der Waals surface area contributed by atoms with E-state index in [9.17, 15) is 18.0 Å². The SMILES string of the molecule is COc1ccccc1CC(=O)NCCSC(F)(F)F. The van der Waals surface area contributed by atoms with E-state index in [4.69, 9.17) is 4.74 Å². The van der Waals surface area contributed by atoms with Gasteiger partial charge in [0.15, 0.2) is 0 Å². The molecule has 0 heterocycles. The van der Waals surface area contributed by atoms with E-state index in [1.165, 1.54) is 7.11 Å². The molecule has 0 aliphatic rings. The van der Waals surface area contributed by atoms with Gasteiger partial charge in [-0.05, 0) is 17.8 Å². The molecule has 0 bridgehead atoms. The first-order chi connectivity index (χ1) is 8.92. The van der Waals surface area contributed by atoms with Crippen molar-refractivity contribution in [1.82, 2.24) is 5.32 Å². The maximum Gasteiger partial charge on any atom is 0.441 e. The monoisotopic (exact) mass is 293 g/mol. The molecule has 1 amide bonds. The molecular weight excluding hydrogens is 279 g/mol. The molecule has 0 saturated heterocycles. The van der Waals surface area contributed by atoms with E-state index in [-0.39, 0.29) is 36.4 Å². The number of rotatable bonds is 6. The van der Waals surface area contributed by atoms with Crippen LogP contribution in [-0.2, 0) is 11.2 Å². The number of carbonyl (C=O) groups excluding carboxylic acids is 1. The number of carbonyl (C=O) groups is 1. The Bertz CT molecular complexity index is 424. The fraction of sp³-hybridized carbons (Fsp3) is 0.417. The van der Waals surface area contributed by atoms with Crippen LogP contribution in [0.15, 0.2) is 24.3 Å². The van der Waals surface area contributed by atoms with Crippen molar-refractivity contribution >= 4 is 17.7 Å². The fourth-order valence-corrected chi connectivity index (χ4v) is 1.88. The molecule has 0 aliphatic heterocycles. The Morgan fingerprint density at radius 1 is 1.37 bits per heavy atom. The highest BCUT2D eigenvalue weighted by Crippen LogP contribution is 2.29. The van der Waals surface area contributed by atoms with Gasteiger partial charge in [0.1, 0.15) is 5.75 Å². The average molecular weight is 293 g/mol. The van der Waals surface area contributed by atoms with Gasteiger partial charge in [0.05, 0.1) is 13.5 Å². The minimum atomic E-state index is -4.26. The molecule has 106 valence electrons. The summed E-state index contributed by atoms with van der Waals surface area (Å²) >= 11 is -0.150. The minimum Gasteiger partial charge on any atom is -0.496 e. The molecule has 1 N–H and O–H groups in total. The fourth-order valence-electron chi connectivity index (χ4n) is 1.44. The third-order valence-electron chi connectivity index (χ3n) is 2.23. The van der Waals surface area contributed by atoms with Crippen LogP contribution in [0.5, 0.6) is 5.75 Å². The molecule has 19 heavy (non-hydrogen) atoms. The number of thioether (sulfide) groups is 1. The number of ether oxygens (including phenoxy) is 1. The lowest BCUT2D eigenvalue weighted by Gasteiger charge is -2.09. The van der Waals surface area contributed by atoms with Crippen molar-refractivity contribution in [3.8, 4) is 5.75 Å². The first-order valence-corrected chi connectivity index (χ1v) is 6.50. The van der Waals surface area contributed by atoms with Crippen LogP contribution < -0.4 is 10.1 Å². The van der Waals surface area contributed by atoms with E-state index in [0.29, 0.717) is 11.3 Å². The maximum absolute atomic E-state index is 11.9. The van der Waals surface area contributed by atoms with E-state index < -0.39 is 5.51 Å². The van der Waals surface area contributed by atoms with Gasteiger partial charge in [-0.25, -0.2) is 0 Å². The number of hydrogen-bond acceptors (Lipinski definition) is 3. The van der Waals surface area contributed by atoms with Crippen LogP contribution >= 0.6 is 11.8 Å². The highest BCUT2D eigenvalue weighted by molar-refractivity contribution is 8.00. The summed E-state index contributed by atoms with van der Waals surface area (Å²) in [5.74, 6) is 0.0656. The van der Waals surface area contributed by atoms with Gasteiger partial charge in [0.2, 0.25) is 5.91 Å². The molecule has 3 nitrogen and oxygen atoms in total. The third-order valence-corrected chi connectivity index (χ3v) is 2.97. The highest BCUT2D eigenvalue weighted by atomic mass is 32.2. The molecule has 0 unspecified atom stereocenters. The van der Waals surface area contributed by atoms with Crippen molar-refractivity contribution in [1.29, 1.82) is 0 Å². The Hall–Kier alpha value is -1.37. The minimum absolute atomic E-state index is 0.0157. The highest BCUT2D eigenvalue weighted by Gasteiger charge is 2.27. The van der Waals surface area contributed by atoms with Gasteiger partial charge in [-0.2, -0.15) is 13.2 Å². The van der Waals surface area contributed by atoms with Gasteiger partial charge in [0, 0.05) is 17.9 Å². The van der Waals surface area contributed by atoms with Crippen molar-refractivity contribution in [3.05, 3.63) is 29.8 Å². The van der Waals surface area contributed by atoms with Crippen molar-refractivity contribution in [2.75, 3.05) is 19.4 Å². The Kier molecular flexibility index (Phi) is 6.01. The Morgan fingerprint density at radius 2 is 2.05 bits per heavy atom. The summed E-state index contributed by atoms with van der Waals surface area (Å²) < 4.78 is 40.7. The number of methoxy groups -OCH3 is 1. The lowest BCUT2D eigenvalue weighted by atomic mass is 10.1. The van der Waals surface area contributed by atoms with E-state index in [2.05, 4.69) is 5.32 Å². The average Bonchev–Trinajstić information content (AvgIpc) is 2.34. The lowest BCUT2D eigenvalue weighted by Crippen LogP contribution is -2.28. The van der Waals surface area contributed by atoms with Gasteiger partial charge in [-0.1, -0.05) is 18.2 Å². The van der Waals surface area contributed by atoms with E-state index in [1.807, 2.05) is 0 Å². The molecule has 0 atom stereocenters. The molecule has 0 radical (unpaired) electrons. The van der Waals surface area contributed by atoms with Crippen LogP contribution in [0.4, 0.5) is 13.2 Å². The first-order valence-electron chi connectivity index (χ1n) is 5.51. The Balaban J connectivity index is 2.35. The van der Waals surface area contributed by atoms with Crippen LogP contribution in [0.2, 0.25) is 0 Å². The molecular formula is C12H14F3NO2S. The molecule has 7 heteroatoms. The summed E-state index contributed by atoms with van der Waals surface area (Å²) in [7, 11) is 1.50. The van der Waals surface area contributed by atoms with E-state index in [0.717, 1.165) is 0 Å². The van der Waals surface area contributed by atoms with Gasteiger partial charge in [-0.15, -0.1) is 0 Å². The van der Waals surface area contributed by atoms with Crippen molar-refractivity contribution in [3.63, 3.8) is 0 Å². The summed E-state index contributed by atoms with van der Waals surface area (Å²) in [5.41, 5.74) is -3.56. The predicted molar refractivity (Wildman–Crippen MR) is 68.2 cm³/mol. The van der Waals surface area contributed by atoms with Crippen LogP contribution in [0.3, 0.4) is 0 Å². The summed E-state index contributed by atoms with van der Waals surface area (Å²) in [6.07, 6.45) is 0.0840. The second-order valence-electron chi connectivity index (χ2n) is 3.63. The smallest absolute Gasteiger partial charge is 0.441 e. The number of amides is 1. The van der Waals surface area contributed by atoms with Crippen LogP contribution in [-0.4, -0.2) is 30.8 Å². The third kappa shape index (κ3) is 6.37. The first kappa shape index (κ1) is 15.7. The second kappa shape index (κ2) is 7.28. The summed E-state index contributed by atoms with van der Waals surface area (Å²) in [6.45, 7) is -0.0157. The summed E-state index contributed by atoms with van der Waals surface area (Å²) in [5, 5.41) is 2.44. The molecule has 0 aromatic heterocycles. The molecule has 0 aliphatic carbocycles. The number of nitrogens with one attached hydrogen (secondary N) is 1. The van der Waals surface area contributed by atoms with Crippen LogP contribution in [0.25, 0.3) is 0 Å². The van der Waals surface area contributed by atoms with Crippen LogP contribution in [0, 0.1) is 0 Å². The molecule has 0 fully saturated rings. The van der Waals surface area contributed by atoms with Crippen molar-refractivity contribution in [2.24, 2.45) is 0 Å². The van der Waals surface area contributed by atoms with Crippen LogP contribution in [0.1, 0.15) is 5.56 Å². The molecule has 1 aromatic rings. The molecule has 0 spiro atoms. The number of benzene rings is 1. The Morgan fingerprint density at radius 3 is 2.68 bits per heavy atom. The summed E-state index contributed by atoms with van der Waals surface area (Å²) in [4.78, 5) is 11.5. The standard InChI is InChI=1S/C12H14F3NO2S/c1-18-10-5-3-2-4-9(10)8-11(17)16-6-7-19-12(13,14)15/h2-5H,6-8H2,1H3,(H,16,17). The van der Waals surface area contributed by atoms with Crippen molar-refractivity contribution in [2.45, 2.75) is 11.9 Å². The normalized spacial score (nSPS) is 11.2. The predicted octanol–water partition coefficient (Wildman–Crippen LogP) is 2.61. The Labute approximate surface area is 113 Å². The summed E-state index contributed by atoms with van der Waals surface area (Å²) in [6, 6.07) is 7.01. The zero-order valence-electron chi connectivity index (χ0n) is 10.3. The van der Waals surface area contributed by atoms with Gasteiger partial charge >= 0.3 is 5.51 Å². The quantitative estimate of drug-likeness (QED) is 0.819. The molecule has 1 aromatic carbocycles. The molecule has 1 rings (SSSR count). The van der Waals surface area contributed by atoms with E-state index in [1.54, 1.807) is 24.3 Å². The number of alkyl halides is 3. The number of hydrogen-bond donors (Lipinski definition) is 1. The zero-order chi connectivity index (χ0) is 14.3. The molecule has 0 saturated carbocycles. The van der Waals surface area contributed by atoms with Gasteiger partial charge < -0.3 is 10.1 Å². The number of halogens is 3. The lowest BCUT2D eigenvalue weighted by molar-refractivity contribution is -0.120. The van der Waals surface area contributed by atoms with E-state index >= 15 is 0 Å². The zero-order valence-corrected chi connectivity index (χ0v) is 11.1.